The number of hydrogen-bond acceptors (Lipinski definition) is 5. The van der Waals surface area contributed by atoms with E-state index in [1.807, 2.05) is 32.0 Å². The summed E-state index contributed by atoms with van der Waals surface area (Å²) in [6.07, 6.45) is -0.155. The van der Waals surface area contributed by atoms with E-state index < -0.39 is 17.6 Å². The highest BCUT2D eigenvalue weighted by molar-refractivity contribution is 6.04. The van der Waals surface area contributed by atoms with Crippen LogP contribution in [0.3, 0.4) is 0 Å². The number of amides is 1. The Morgan fingerprint density at radius 1 is 1.15 bits per heavy atom. The minimum absolute atomic E-state index is 0.0905. The van der Waals surface area contributed by atoms with E-state index in [4.69, 9.17) is 0 Å². The Labute approximate surface area is 231 Å². The number of nitrogens with one attached hydrogen (secondary N) is 1. The number of nitrogens with zero attached hydrogens (tertiary/aromatic N) is 4. The van der Waals surface area contributed by atoms with Crippen LogP contribution in [0.4, 0.5) is 18.9 Å². The van der Waals surface area contributed by atoms with Gasteiger partial charge in [-0.2, -0.15) is 13.2 Å². The number of aromatic nitrogens is 1. The number of aryl methyl sites for hydroxylation is 1. The number of pyridine rings is 1. The van der Waals surface area contributed by atoms with Gasteiger partial charge in [-0.15, -0.1) is 0 Å². The molecule has 1 aromatic heterocycles. The molecule has 0 unspecified atom stereocenters. The van der Waals surface area contributed by atoms with Crippen LogP contribution in [0.2, 0.25) is 0 Å². The number of likely N-dealkylation sites (N-methyl/N-ethyl adjacent to an activating group) is 1. The molecule has 0 saturated carbocycles. The van der Waals surface area contributed by atoms with Crippen LogP contribution >= 0.6 is 0 Å². The molecule has 2 aliphatic heterocycles. The zero-order valence-electron chi connectivity index (χ0n) is 22.6. The Morgan fingerprint density at radius 2 is 1.98 bits per heavy atom. The maximum absolute atomic E-state index is 14.0. The van der Waals surface area contributed by atoms with Gasteiger partial charge in [0, 0.05) is 66.0 Å². The Balaban J connectivity index is 1.32. The topological polar surface area (TPSA) is 60.8 Å². The normalized spacial score (nSPS) is 16.6. The second-order valence-electron chi connectivity index (χ2n) is 10.5. The number of aliphatic imine (C=N–C) groups is 1. The van der Waals surface area contributed by atoms with Crippen molar-refractivity contribution in [2.75, 3.05) is 32.5 Å². The molecule has 1 fully saturated rings. The lowest BCUT2D eigenvalue weighted by Gasteiger charge is -2.22. The van der Waals surface area contributed by atoms with Gasteiger partial charge in [-0.1, -0.05) is 24.0 Å². The number of carbonyl (C=O) groups excluding carboxylic acids is 1. The van der Waals surface area contributed by atoms with Crippen molar-refractivity contribution in [2.24, 2.45) is 4.99 Å². The molecule has 6 nitrogen and oxygen atoms in total. The smallest absolute Gasteiger partial charge is 0.322 e. The summed E-state index contributed by atoms with van der Waals surface area (Å²) in [6.45, 7) is 4.13. The van der Waals surface area contributed by atoms with E-state index in [1.165, 1.54) is 12.1 Å². The Morgan fingerprint density at radius 3 is 2.73 bits per heavy atom. The Hall–Kier alpha value is -4.00. The molecule has 3 heterocycles. The van der Waals surface area contributed by atoms with Gasteiger partial charge in [-0.3, -0.25) is 19.7 Å². The number of hydrogen-bond donors (Lipinski definition) is 1. The van der Waals surface area contributed by atoms with Crippen LogP contribution in [0.1, 0.15) is 55.9 Å². The largest absolute Gasteiger partial charge is 0.416 e. The van der Waals surface area contributed by atoms with E-state index in [-0.39, 0.29) is 17.8 Å². The van der Waals surface area contributed by atoms with Crippen molar-refractivity contribution >= 4 is 17.8 Å². The zero-order valence-corrected chi connectivity index (χ0v) is 22.6. The van der Waals surface area contributed by atoms with Gasteiger partial charge in [0.25, 0.3) is 5.91 Å². The van der Waals surface area contributed by atoms with E-state index in [0.717, 1.165) is 48.0 Å². The van der Waals surface area contributed by atoms with Crippen LogP contribution in [-0.4, -0.2) is 60.1 Å². The fraction of sp³-hybridized carbons (Fsp3) is 0.323. The molecule has 1 amide bonds. The average Bonchev–Trinajstić information content (AvgIpc) is 3.58. The van der Waals surface area contributed by atoms with E-state index in [9.17, 15) is 18.0 Å². The van der Waals surface area contributed by atoms with Crippen LogP contribution < -0.4 is 5.32 Å². The predicted octanol–water partition coefficient (Wildman–Crippen LogP) is 5.13. The summed E-state index contributed by atoms with van der Waals surface area (Å²) in [5.74, 6) is 5.66. The van der Waals surface area contributed by atoms with Crippen LogP contribution in [0.25, 0.3) is 0 Å². The zero-order chi connectivity index (χ0) is 28.4. The molecule has 0 aliphatic carbocycles. The standard InChI is InChI=1S/C31H30F3N5O/c1-20-4-6-23(13-22(20)7-5-21-12-25-16-35-17-29(25)36-15-21)30(40)37-26-9-8-24(28(14-26)31(32,33)34)18-39-11-10-27(19-39)38(2)3/h4,6,8-9,12-16,27H,10-11,17-19H2,1-3H3,(H,37,40)/t27-/m0/s1. The first-order chi connectivity index (χ1) is 19.1. The van der Waals surface area contributed by atoms with Crippen molar-refractivity contribution < 1.29 is 18.0 Å². The van der Waals surface area contributed by atoms with Crippen LogP contribution in [0, 0.1) is 18.8 Å². The van der Waals surface area contributed by atoms with Crippen molar-refractivity contribution in [2.45, 2.75) is 38.7 Å². The van der Waals surface area contributed by atoms with Crippen LogP contribution in [0.5, 0.6) is 0 Å². The first-order valence-corrected chi connectivity index (χ1v) is 13.1. The molecule has 0 spiro atoms. The molecule has 2 aliphatic rings. The maximum Gasteiger partial charge on any atom is 0.416 e. The highest BCUT2D eigenvalue weighted by atomic mass is 19.4. The van der Waals surface area contributed by atoms with Crippen molar-refractivity contribution in [3.05, 3.63) is 93.3 Å². The molecule has 9 heteroatoms. The summed E-state index contributed by atoms with van der Waals surface area (Å²) in [7, 11) is 3.97. The maximum atomic E-state index is 14.0. The molecular formula is C31H30F3N5O. The van der Waals surface area contributed by atoms with E-state index in [1.54, 1.807) is 30.6 Å². The number of likely N-dealkylation sites (tertiary alicyclic amines) is 1. The molecule has 1 saturated heterocycles. The lowest BCUT2D eigenvalue weighted by Crippen LogP contribution is -2.31. The molecular weight excluding hydrogens is 515 g/mol. The van der Waals surface area contributed by atoms with Crippen molar-refractivity contribution in [3.8, 4) is 11.8 Å². The van der Waals surface area contributed by atoms with Gasteiger partial charge in [-0.05, 0) is 68.9 Å². The number of alkyl halides is 3. The summed E-state index contributed by atoms with van der Waals surface area (Å²) in [6, 6.07) is 11.3. The van der Waals surface area contributed by atoms with Gasteiger partial charge in [-0.25, -0.2) is 0 Å². The second kappa shape index (κ2) is 11.2. The quantitative estimate of drug-likeness (QED) is 0.452. The van der Waals surface area contributed by atoms with E-state index in [0.29, 0.717) is 23.7 Å². The minimum atomic E-state index is -4.54. The SMILES string of the molecule is Cc1ccc(C(=O)Nc2ccc(CN3CC[C@H](N(C)C)C3)c(C(F)(F)F)c2)cc1C#Cc1cnc2c(c1)C=NC2. The van der Waals surface area contributed by atoms with Gasteiger partial charge < -0.3 is 10.2 Å². The minimum Gasteiger partial charge on any atom is -0.322 e. The van der Waals surface area contributed by atoms with E-state index >= 15 is 0 Å². The summed E-state index contributed by atoms with van der Waals surface area (Å²) in [5.41, 5.74) is 3.97. The number of benzene rings is 2. The van der Waals surface area contributed by atoms with Crippen molar-refractivity contribution in [1.82, 2.24) is 14.8 Å². The van der Waals surface area contributed by atoms with Crippen molar-refractivity contribution in [3.63, 3.8) is 0 Å². The first kappa shape index (κ1) is 27.6. The summed E-state index contributed by atoms with van der Waals surface area (Å²) in [4.78, 5) is 25.7. The fourth-order valence-corrected chi connectivity index (χ4v) is 4.97. The number of halogens is 3. The third-order valence-electron chi connectivity index (χ3n) is 7.36. The summed E-state index contributed by atoms with van der Waals surface area (Å²) < 4.78 is 42.0. The average molecular weight is 546 g/mol. The third-order valence-corrected chi connectivity index (χ3v) is 7.36. The second-order valence-corrected chi connectivity index (χ2v) is 10.5. The van der Waals surface area contributed by atoms with Gasteiger partial charge in [0.2, 0.25) is 0 Å². The molecule has 0 bridgehead atoms. The lowest BCUT2D eigenvalue weighted by atomic mass is 10.0. The summed E-state index contributed by atoms with van der Waals surface area (Å²) in [5, 5.41) is 2.63. The molecule has 1 atom stereocenters. The van der Waals surface area contributed by atoms with E-state index in [2.05, 4.69) is 32.0 Å². The molecule has 3 aromatic rings. The summed E-state index contributed by atoms with van der Waals surface area (Å²) >= 11 is 0. The highest BCUT2D eigenvalue weighted by Crippen LogP contribution is 2.35. The fourth-order valence-electron chi connectivity index (χ4n) is 4.97. The first-order valence-electron chi connectivity index (χ1n) is 13.1. The molecule has 1 N–H and O–H groups in total. The van der Waals surface area contributed by atoms with Crippen LogP contribution in [0.15, 0.2) is 53.7 Å². The third kappa shape index (κ3) is 6.24. The molecule has 5 rings (SSSR count). The predicted molar refractivity (Wildman–Crippen MR) is 149 cm³/mol. The van der Waals surface area contributed by atoms with Crippen molar-refractivity contribution in [1.29, 1.82) is 0 Å². The Bertz CT molecular complexity index is 1530. The molecule has 40 heavy (non-hydrogen) atoms. The van der Waals surface area contributed by atoms with Crippen LogP contribution in [-0.2, 0) is 19.3 Å². The highest BCUT2D eigenvalue weighted by Gasteiger charge is 2.35. The van der Waals surface area contributed by atoms with Gasteiger partial charge >= 0.3 is 6.18 Å². The molecule has 206 valence electrons. The monoisotopic (exact) mass is 545 g/mol. The number of anilines is 1. The Kier molecular flexibility index (Phi) is 7.74. The molecule has 0 radical (unpaired) electrons. The number of carbonyl (C=O) groups is 1. The number of rotatable bonds is 5. The lowest BCUT2D eigenvalue weighted by molar-refractivity contribution is -0.138. The number of fused-ring (bicyclic) bond motifs is 1. The van der Waals surface area contributed by atoms with Gasteiger partial charge in [0.05, 0.1) is 17.8 Å². The van der Waals surface area contributed by atoms with Gasteiger partial charge in [0.15, 0.2) is 0 Å². The molecule has 2 aromatic carbocycles. The van der Waals surface area contributed by atoms with Gasteiger partial charge in [0.1, 0.15) is 0 Å².